The summed E-state index contributed by atoms with van der Waals surface area (Å²) < 4.78 is 16.3. The Hall–Kier alpha value is -2.28. The number of carbonyl (C=O) groups excluding carboxylic acids is 1. The quantitative estimate of drug-likeness (QED) is 0.737. The number of likely N-dealkylation sites (N-methyl/N-ethyl adjacent to an activating group) is 1. The number of thiophene rings is 1. The Labute approximate surface area is 136 Å². The minimum Gasteiger partial charge on any atom is -0.342 e. The van der Waals surface area contributed by atoms with Crippen LogP contribution in [0.4, 0.5) is 4.39 Å². The van der Waals surface area contributed by atoms with Crippen LogP contribution >= 0.6 is 11.3 Å². The van der Waals surface area contributed by atoms with E-state index in [1.807, 2.05) is 13.8 Å². The zero-order valence-corrected chi connectivity index (χ0v) is 13.7. The third kappa shape index (κ3) is 2.61. The van der Waals surface area contributed by atoms with Crippen molar-refractivity contribution in [3.63, 3.8) is 0 Å². The first kappa shape index (κ1) is 15.6. The summed E-state index contributed by atoms with van der Waals surface area (Å²) in [6.07, 6.45) is 1.32. The molecule has 7 heteroatoms. The molecule has 2 heterocycles. The number of benzene rings is 1. The van der Waals surface area contributed by atoms with Crippen molar-refractivity contribution in [3.8, 4) is 0 Å². The van der Waals surface area contributed by atoms with E-state index in [-0.39, 0.29) is 18.0 Å². The van der Waals surface area contributed by atoms with Gasteiger partial charge in [0.15, 0.2) is 0 Å². The fourth-order valence-corrected chi connectivity index (χ4v) is 3.72. The summed E-state index contributed by atoms with van der Waals surface area (Å²) in [6.45, 7) is 4.91. The Morgan fingerprint density at radius 1 is 1.35 bits per heavy atom. The number of carbonyl (C=O) groups is 1. The lowest BCUT2D eigenvalue weighted by atomic mass is 10.2. The summed E-state index contributed by atoms with van der Waals surface area (Å²) in [6, 6.07) is 4.72. The van der Waals surface area contributed by atoms with Gasteiger partial charge in [-0.05, 0) is 26.0 Å². The maximum absolute atomic E-state index is 14.0. The lowest BCUT2D eigenvalue weighted by molar-refractivity contribution is -0.131. The van der Waals surface area contributed by atoms with Gasteiger partial charge in [0, 0.05) is 17.8 Å². The van der Waals surface area contributed by atoms with Gasteiger partial charge in [-0.3, -0.25) is 14.2 Å². The molecule has 2 aromatic heterocycles. The number of nitrogens with zero attached hydrogens (tertiary/aromatic N) is 3. The Bertz CT molecular complexity index is 944. The molecule has 0 atom stereocenters. The van der Waals surface area contributed by atoms with E-state index in [4.69, 9.17) is 0 Å². The minimum absolute atomic E-state index is 0.0554. The van der Waals surface area contributed by atoms with Gasteiger partial charge in [-0.2, -0.15) is 0 Å². The van der Waals surface area contributed by atoms with Crippen LogP contribution in [-0.4, -0.2) is 33.4 Å². The third-order valence-corrected chi connectivity index (χ3v) is 4.97. The third-order valence-electron chi connectivity index (χ3n) is 3.84. The predicted molar refractivity (Wildman–Crippen MR) is 89.3 cm³/mol. The number of hydrogen-bond acceptors (Lipinski definition) is 4. The van der Waals surface area contributed by atoms with E-state index in [9.17, 15) is 14.0 Å². The minimum atomic E-state index is -0.391. The van der Waals surface area contributed by atoms with Crippen LogP contribution in [0, 0.1) is 5.82 Å². The molecule has 1 amide bonds. The molecule has 3 rings (SSSR count). The first-order chi connectivity index (χ1) is 11.1. The maximum Gasteiger partial charge on any atom is 0.271 e. The molecule has 0 unspecified atom stereocenters. The van der Waals surface area contributed by atoms with Crippen LogP contribution in [0.1, 0.15) is 13.8 Å². The highest BCUT2D eigenvalue weighted by molar-refractivity contribution is 7.25. The topological polar surface area (TPSA) is 55.2 Å². The van der Waals surface area contributed by atoms with Crippen LogP contribution in [0.15, 0.2) is 29.3 Å². The van der Waals surface area contributed by atoms with Crippen LogP contribution in [0.25, 0.3) is 20.3 Å². The van der Waals surface area contributed by atoms with Crippen molar-refractivity contribution in [1.29, 1.82) is 0 Å². The molecule has 1 aromatic carbocycles. The molecule has 120 valence electrons. The van der Waals surface area contributed by atoms with E-state index in [2.05, 4.69) is 4.98 Å². The van der Waals surface area contributed by atoms with Gasteiger partial charge in [0.25, 0.3) is 5.56 Å². The van der Waals surface area contributed by atoms with Gasteiger partial charge >= 0.3 is 0 Å². The molecule has 0 fully saturated rings. The fraction of sp³-hybridized carbons (Fsp3) is 0.312. The molecule has 5 nitrogen and oxygen atoms in total. The van der Waals surface area contributed by atoms with Crippen molar-refractivity contribution in [2.24, 2.45) is 0 Å². The molecule has 0 aliphatic heterocycles. The van der Waals surface area contributed by atoms with E-state index >= 15 is 0 Å². The summed E-state index contributed by atoms with van der Waals surface area (Å²) in [7, 11) is 0. The van der Waals surface area contributed by atoms with E-state index in [1.165, 1.54) is 28.3 Å². The average Bonchev–Trinajstić information content (AvgIpc) is 2.92. The Morgan fingerprint density at radius 2 is 2.09 bits per heavy atom. The molecule has 0 spiro atoms. The lowest BCUT2D eigenvalue weighted by Crippen LogP contribution is -2.36. The van der Waals surface area contributed by atoms with Crippen molar-refractivity contribution >= 4 is 37.5 Å². The lowest BCUT2D eigenvalue weighted by Gasteiger charge is -2.18. The summed E-state index contributed by atoms with van der Waals surface area (Å²) in [5.74, 6) is -0.525. The van der Waals surface area contributed by atoms with Gasteiger partial charge in [-0.25, -0.2) is 9.37 Å². The van der Waals surface area contributed by atoms with Crippen LogP contribution in [0.2, 0.25) is 0 Å². The van der Waals surface area contributed by atoms with Crippen LogP contribution in [-0.2, 0) is 11.3 Å². The molecule has 0 saturated carbocycles. The van der Waals surface area contributed by atoms with Crippen LogP contribution in [0.3, 0.4) is 0 Å². The monoisotopic (exact) mass is 333 g/mol. The molecule has 0 radical (unpaired) electrons. The van der Waals surface area contributed by atoms with Crippen LogP contribution < -0.4 is 5.56 Å². The predicted octanol–water partition coefficient (Wildman–Crippen LogP) is 2.62. The van der Waals surface area contributed by atoms with E-state index in [0.717, 1.165) is 0 Å². The maximum atomic E-state index is 14.0. The molecule has 3 aromatic rings. The fourth-order valence-electron chi connectivity index (χ4n) is 2.60. The van der Waals surface area contributed by atoms with Crippen molar-refractivity contribution < 1.29 is 9.18 Å². The van der Waals surface area contributed by atoms with E-state index in [0.29, 0.717) is 33.4 Å². The standard InChI is InChI=1S/C16H16FN3O2S/c1-3-19(4-2)12(21)8-20-9-18-14-13-10(17)6-5-7-11(13)23-15(14)16(20)22/h5-7,9H,3-4,8H2,1-2H3. The van der Waals surface area contributed by atoms with Crippen molar-refractivity contribution in [2.45, 2.75) is 20.4 Å². The molecule has 0 saturated heterocycles. The first-order valence-corrected chi connectivity index (χ1v) is 8.22. The van der Waals surface area contributed by atoms with Gasteiger partial charge in [0.2, 0.25) is 5.91 Å². The summed E-state index contributed by atoms with van der Waals surface area (Å²) in [5.41, 5.74) is 0.0516. The highest BCUT2D eigenvalue weighted by atomic mass is 32.1. The summed E-state index contributed by atoms with van der Waals surface area (Å²) >= 11 is 1.20. The summed E-state index contributed by atoms with van der Waals surface area (Å²) in [4.78, 5) is 30.6. The largest absolute Gasteiger partial charge is 0.342 e. The Kier molecular flexibility index (Phi) is 4.12. The van der Waals surface area contributed by atoms with Crippen molar-refractivity contribution in [3.05, 3.63) is 40.7 Å². The van der Waals surface area contributed by atoms with E-state index < -0.39 is 5.82 Å². The number of rotatable bonds is 4. The molecule has 0 N–H and O–H groups in total. The zero-order valence-electron chi connectivity index (χ0n) is 12.9. The van der Waals surface area contributed by atoms with Crippen LogP contribution in [0.5, 0.6) is 0 Å². The van der Waals surface area contributed by atoms with Gasteiger partial charge in [-0.15, -0.1) is 11.3 Å². The highest BCUT2D eigenvalue weighted by Gasteiger charge is 2.17. The first-order valence-electron chi connectivity index (χ1n) is 7.40. The second-order valence-electron chi connectivity index (χ2n) is 5.14. The number of aromatic nitrogens is 2. The second kappa shape index (κ2) is 6.08. The molecular weight excluding hydrogens is 317 g/mol. The molecule has 0 bridgehead atoms. The zero-order chi connectivity index (χ0) is 16.6. The molecule has 23 heavy (non-hydrogen) atoms. The van der Waals surface area contributed by atoms with Gasteiger partial charge < -0.3 is 4.90 Å². The number of halogens is 1. The highest BCUT2D eigenvalue weighted by Crippen LogP contribution is 2.31. The van der Waals surface area contributed by atoms with Crippen molar-refractivity contribution in [2.75, 3.05) is 13.1 Å². The second-order valence-corrected chi connectivity index (χ2v) is 6.19. The number of hydrogen-bond donors (Lipinski definition) is 0. The normalized spacial score (nSPS) is 11.3. The van der Waals surface area contributed by atoms with E-state index in [1.54, 1.807) is 17.0 Å². The number of amides is 1. The Morgan fingerprint density at radius 3 is 2.78 bits per heavy atom. The van der Waals surface area contributed by atoms with Crippen molar-refractivity contribution in [1.82, 2.24) is 14.5 Å². The molecule has 0 aliphatic rings. The SMILES string of the molecule is CCN(CC)C(=O)Cn1cnc2c(sc3cccc(F)c32)c1=O. The average molecular weight is 333 g/mol. The molecular formula is C16H16FN3O2S. The van der Waals surface area contributed by atoms with Gasteiger partial charge in [0.1, 0.15) is 17.1 Å². The molecule has 0 aliphatic carbocycles. The number of fused-ring (bicyclic) bond motifs is 3. The Balaban J connectivity index is 2.10. The van der Waals surface area contributed by atoms with Gasteiger partial charge in [-0.1, -0.05) is 6.07 Å². The van der Waals surface area contributed by atoms with Gasteiger partial charge in [0.05, 0.1) is 17.2 Å². The smallest absolute Gasteiger partial charge is 0.271 e. The summed E-state index contributed by atoms with van der Waals surface area (Å²) in [5, 5.41) is 0.367.